The Labute approximate surface area is 127 Å². The standard InChI is InChI=1S/C15H9BrN2OS/c16-9-6-10(17)14-11(7-9)18-15(19-14)13-5-8-3-1-2-4-12(8)20-13/h1-7H,17H2. The Balaban J connectivity index is 1.95. The van der Waals surface area contributed by atoms with Gasteiger partial charge >= 0.3 is 0 Å². The Morgan fingerprint density at radius 1 is 1.15 bits per heavy atom. The molecule has 20 heavy (non-hydrogen) atoms. The number of anilines is 1. The highest BCUT2D eigenvalue weighted by Gasteiger charge is 2.13. The van der Waals surface area contributed by atoms with Crippen molar-refractivity contribution >= 4 is 54.1 Å². The molecule has 3 nitrogen and oxygen atoms in total. The smallest absolute Gasteiger partial charge is 0.237 e. The van der Waals surface area contributed by atoms with Gasteiger partial charge < -0.3 is 10.2 Å². The first-order valence-corrected chi connectivity index (χ1v) is 7.66. The van der Waals surface area contributed by atoms with Crippen molar-refractivity contribution in [3.63, 3.8) is 0 Å². The predicted molar refractivity (Wildman–Crippen MR) is 86.9 cm³/mol. The number of halogens is 1. The van der Waals surface area contributed by atoms with Gasteiger partial charge in [-0.15, -0.1) is 11.3 Å². The molecule has 2 aromatic carbocycles. The Morgan fingerprint density at radius 3 is 2.85 bits per heavy atom. The van der Waals surface area contributed by atoms with E-state index in [1.165, 1.54) is 10.1 Å². The normalized spacial score (nSPS) is 11.4. The van der Waals surface area contributed by atoms with E-state index < -0.39 is 0 Å². The van der Waals surface area contributed by atoms with Crippen molar-refractivity contribution in [2.75, 3.05) is 5.73 Å². The highest BCUT2D eigenvalue weighted by atomic mass is 79.9. The molecule has 0 bridgehead atoms. The molecular formula is C15H9BrN2OS. The van der Waals surface area contributed by atoms with Crippen LogP contribution in [0.3, 0.4) is 0 Å². The van der Waals surface area contributed by atoms with Gasteiger partial charge in [0, 0.05) is 9.17 Å². The first kappa shape index (κ1) is 11.9. The van der Waals surface area contributed by atoms with Gasteiger partial charge in [0.05, 0.1) is 10.6 Å². The van der Waals surface area contributed by atoms with Gasteiger partial charge in [-0.1, -0.05) is 34.1 Å². The van der Waals surface area contributed by atoms with E-state index in [-0.39, 0.29) is 0 Å². The van der Waals surface area contributed by atoms with Gasteiger partial charge in [0.1, 0.15) is 5.52 Å². The van der Waals surface area contributed by atoms with E-state index in [1.807, 2.05) is 24.3 Å². The van der Waals surface area contributed by atoms with Crippen LogP contribution in [0.4, 0.5) is 5.69 Å². The number of nitrogen functional groups attached to an aromatic ring is 1. The lowest BCUT2D eigenvalue weighted by atomic mass is 10.2. The number of benzene rings is 2. The Kier molecular flexibility index (Phi) is 2.58. The minimum atomic E-state index is 0.592. The molecule has 4 rings (SSSR count). The number of aromatic nitrogens is 1. The Hall–Kier alpha value is -1.85. The summed E-state index contributed by atoms with van der Waals surface area (Å²) >= 11 is 5.08. The van der Waals surface area contributed by atoms with Gasteiger partial charge in [-0.3, -0.25) is 0 Å². The van der Waals surface area contributed by atoms with Crippen LogP contribution in [-0.2, 0) is 0 Å². The average Bonchev–Trinajstić information content (AvgIpc) is 3.01. The molecule has 0 aliphatic rings. The monoisotopic (exact) mass is 344 g/mol. The summed E-state index contributed by atoms with van der Waals surface area (Å²) in [5.41, 5.74) is 7.96. The molecular weight excluding hydrogens is 336 g/mol. The summed E-state index contributed by atoms with van der Waals surface area (Å²) < 4.78 is 7.95. The Bertz CT molecular complexity index is 909. The predicted octanol–water partition coefficient (Wildman–Crippen LogP) is 5.05. The summed E-state index contributed by atoms with van der Waals surface area (Å²) in [4.78, 5) is 5.55. The zero-order valence-corrected chi connectivity index (χ0v) is 12.7. The molecule has 0 saturated heterocycles. The molecule has 98 valence electrons. The quantitative estimate of drug-likeness (QED) is 0.491. The van der Waals surface area contributed by atoms with Crippen LogP contribution in [0.5, 0.6) is 0 Å². The fourth-order valence-electron chi connectivity index (χ4n) is 2.22. The van der Waals surface area contributed by atoms with Crippen LogP contribution in [0.1, 0.15) is 0 Å². The molecule has 0 unspecified atom stereocenters. The lowest BCUT2D eigenvalue weighted by Gasteiger charge is -1.93. The number of nitrogens with zero attached hydrogens (tertiary/aromatic N) is 1. The molecule has 0 atom stereocenters. The van der Waals surface area contributed by atoms with Crippen molar-refractivity contribution in [3.05, 3.63) is 46.9 Å². The number of nitrogens with two attached hydrogens (primary N) is 1. The largest absolute Gasteiger partial charge is 0.433 e. The highest BCUT2D eigenvalue weighted by molar-refractivity contribution is 9.10. The van der Waals surface area contributed by atoms with E-state index in [9.17, 15) is 0 Å². The molecule has 5 heteroatoms. The third kappa shape index (κ3) is 1.82. The maximum absolute atomic E-state index is 5.96. The third-order valence-electron chi connectivity index (χ3n) is 3.12. The molecule has 0 spiro atoms. The molecule has 2 N–H and O–H groups in total. The van der Waals surface area contributed by atoms with Crippen LogP contribution in [0.15, 0.2) is 51.4 Å². The number of thiophene rings is 1. The molecule has 0 fully saturated rings. The number of hydrogen-bond donors (Lipinski definition) is 1. The summed E-state index contributed by atoms with van der Waals surface area (Å²) in [6, 6.07) is 14.1. The van der Waals surface area contributed by atoms with Crippen molar-refractivity contribution in [3.8, 4) is 10.8 Å². The summed E-state index contributed by atoms with van der Waals surface area (Å²) in [7, 11) is 0. The van der Waals surface area contributed by atoms with Crippen LogP contribution in [-0.4, -0.2) is 4.98 Å². The van der Waals surface area contributed by atoms with Gasteiger partial charge in [0.15, 0.2) is 5.58 Å². The van der Waals surface area contributed by atoms with Gasteiger partial charge in [0.2, 0.25) is 5.89 Å². The zero-order chi connectivity index (χ0) is 13.7. The summed E-state index contributed by atoms with van der Waals surface area (Å²) in [5.74, 6) is 0.617. The highest BCUT2D eigenvalue weighted by Crippen LogP contribution is 2.36. The maximum Gasteiger partial charge on any atom is 0.237 e. The van der Waals surface area contributed by atoms with Crippen molar-refractivity contribution in [1.29, 1.82) is 0 Å². The minimum Gasteiger partial charge on any atom is -0.433 e. The lowest BCUT2D eigenvalue weighted by Crippen LogP contribution is -1.84. The molecule has 0 amide bonds. The average molecular weight is 345 g/mol. The van der Waals surface area contributed by atoms with Gasteiger partial charge in [-0.2, -0.15) is 0 Å². The van der Waals surface area contributed by atoms with E-state index in [0.29, 0.717) is 17.2 Å². The number of oxazole rings is 1. The second-order valence-corrected chi connectivity index (χ2v) is 6.51. The van der Waals surface area contributed by atoms with Crippen LogP contribution < -0.4 is 5.73 Å². The first-order valence-electron chi connectivity index (χ1n) is 6.05. The van der Waals surface area contributed by atoms with Crippen molar-refractivity contribution in [2.45, 2.75) is 0 Å². The second-order valence-electron chi connectivity index (χ2n) is 4.51. The molecule has 2 aromatic heterocycles. The zero-order valence-electron chi connectivity index (χ0n) is 10.3. The van der Waals surface area contributed by atoms with Crippen LogP contribution in [0.2, 0.25) is 0 Å². The van der Waals surface area contributed by atoms with Gasteiger partial charge in [-0.05, 0) is 29.7 Å². The SMILES string of the molecule is Nc1cc(Br)cc2nc(-c3cc4ccccc4s3)oc12. The van der Waals surface area contributed by atoms with E-state index in [2.05, 4.69) is 39.1 Å². The molecule has 0 aliphatic heterocycles. The summed E-state index contributed by atoms with van der Waals surface area (Å²) in [6.07, 6.45) is 0. The Morgan fingerprint density at radius 2 is 2.00 bits per heavy atom. The van der Waals surface area contributed by atoms with Crippen molar-refractivity contribution in [2.24, 2.45) is 0 Å². The van der Waals surface area contributed by atoms with E-state index >= 15 is 0 Å². The molecule has 0 radical (unpaired) electrons. The molecule has 4 aromatic rings. The second kappa shape index (κ2) is 4.33. The van der Waals surface area contributed by atoms with Crippen molar-refractivity contribution in [1.82, 2.24) is 4.98 Å². The topological polar surface area (TPSA) is 52.0 Å². The third-order valence-corrected chi connectivity index (χ3v) is 4.68. The number of rotatable bonds is 1. The molecule has 0 saturated carbocycles. The lowest BCUT2D eigenvalue weighted by molar-refractivity contribution is 0.623. The fourth-order valence-corrected chi connectivity index (χ4v) is 3.67. The summed E-state index contributed by atoms with van der Waals surface area (Å²) in [5, 5.41) is 1.20. The number of hydrogen-bond acceptors (Lipinski definition) is 4. The van der Waals surface area contributed by atoms with E-state index in [1.54, 1.807) is 11.3 Å². The summed E-state index contributed by atoms with van der Waals surface area (Å²) in [6.45, 7) is 0. The van der Waals surface area contributed by atoms with Gasteiger partial charge in [0.25, 0.3) is 0 Å². The van der Waals surface area contributed by atoms with Crippen molar-refractivity contribution < 1.29 is 4.42 Å². The molecule has 2 heterocycles. The van der Waals surface area contributed by atoms with E-state index in [0.717, 1.165) is 14.9 Å². The van der Waals surface area contributed by atoms with Crippen LogP contribution in [0.25, 0.3) is 32.0 Å². The van der Waals surface area contributed by atoms with Crippen LogP contribution in [0, 0.1) is 0 Å². The number of fused-ring (bicyclic) bond motifs is 2. The first-order chi connectivity index (χ1) is 9.70. The van der Waals surface area contributed by atoms with E-state index in [4.69, 9.17) is 10.2 Å². The van der Waals surface area contributed by atoms with Gasteiger partial charge in [-0.25, -0.2) is 4.98 Å². The fraction of sp³-hybridized carbons (Fsp3) is 0. The minimum absolute atomic E-state index is 0.592. The maximum atomic E-state index is 5.96. The molecule has 0 aliphatic carbocycles. The van der Waals surface area contributed by atoms with Crippen LogP contribution >= 0.6 is 27.3 Å².